The maximum absolute atomic E-state index is 12.1. The van der Waals surface area contributed by atoms with Crippen LogP contribution in [0.5, 0.6) is 0 Å². The number of thiol groups is 4. The molecule has 0 unspecified atom stereocenters. The molecular weight excluding hydrogens is 444 g/mol. The lowest BCUT2D eigenvalue weighted by atomic mass is 9.70. The summed E-state index contributed by atoms with van der Waals surface area (Å²) in [5, 5.41) is 0. The average molecular weight is 481 g/mol. The van der Waals surface area contributed by atoms with E-state index in [9.17, 15) is 19.2 Å². The van der Waals surface area contributed by atoms with E-state index in [1.54, 1.807) is 0 Å². The zero-order valence-corrected chi connectivity index (χ0v) is 20.8. The van der Waals surface area contributed by atoms with Crippen LogP contribution in [0.4, 0.5) is 0 Å². The molecule has 0 saturated heterocycles. The van der Waals surface area contributed by atoms with E-state index in [1.807, 2.05) is 0 Å². The van der Waals surface area contributed by atoms with Gasteiger partial charge in [-0.25, -0.2) is 0 Å². The van der Waals surface area contributed by atoms with Crippen molar-refractivity contribution in [2.24, 2.45) is 5.41 Å². The SMILES string of the molecule is O=C(CCS)CCC(CCC(=O)CCS)(CCC(=O)CCS)CCC(=O)CCS. The predicted molar refractivity (Wildman–Crippen MR) is 133 cm³/mol. The molecule has 29 heavy (non-hydrogen) atoms. The van der Waals surface area contributed by atoms with Gasteiger partial charge < -0.3 is 0 Å². The topological polar surface area (TPSA) is 68.3 Å². The molecule has 0 N–H and O–H groups in total. The Morgan fingerprint density at radius 1 is 0.414 bits per heavy atom. The third kappa shape index (κ3) is 14.7. The zero-order chi connectivity index (χ0) is 22.1. The van der Waals surface area contributed by atoms with Gasteiger partial charge in [-0.3, -0.25) is 19.2 Å². The average Bonchev–Trinajstić information content (AvgIpc) is 2.68. The molecule has 0 rings (SSSR count). The highest BCUT2D eigenvalue weighted by Gasteiger charge is 2.32. The van der Waals surface area contributed by atoms with Crippen molar-refractivity contribution in [3.05, 3.63) is 0 Å². The molecule has 0 aliphatic carbocycles. The van der Waals surface area contributed by atoms with Gasteiger partial charge in [0.1, 0.15) is 23.1 Å². The first-order chi connectivity index (χ1) is 13.8. The van der Waals surface area contributed by atoms with E-state index in [0.29, 0.717) is 100 Å². The van der Waals surface area contributed by atoms with Crippen LogP contribution in [0, 0.1) is 5.41 Å². The van der Waals surface area contributed by atoms with Crippen LogP contribution >= 0.6 is 50.5 Å². The standard InChI is InChI=1S/C21H36O4S4/c22-17(5-13-26)1-9-21(10-2-18(23)6-14-27,11-3-19(24)7-15-28)12-4-20(25)8-16-29/h26-29H,1-16H2. The summed E-state index contributed by atoms with van der Waals surface area (Å²) < 4.78 is 0. The second-order valence-electron chi connectivity index (χ2n) is 7.55. The highest BCUT2D eigenvalue weighted by atomic mass is 32.1. The number of hydrogen-bond donors (Lipinski definition) is 4. The molecule has 0 aromatic rings. The van der Waals surface area contributed by atoms with Crippen molar-refractivity contribution in [3.63, 3.8) is 0 Å². The molecule has 0 atom stereocenters. The minimum atomic E-state index is -0.364. The Labute approximate surface area is 197 Å². The molecule has 0 amide bonds. The van der Waals surface area contributed by atoms with Gasteiger partial charge in [-0.15, -0.1) is 0 Å². The molecule has 0 aromatic carbocycles. The fourth-order valence-electron chi connectivity index (χ4n) is 3.37. The molecule has 0 saturated carbocycles. The van der Waals surface area contributed by atoms with Gasteiger partial charge in [-0.05, 0) is 54.1 Å². The third-order valence-corrected chi connectivity index (χ3v) is 6.19. The highest BCUT2D eigenvalue weighted by Crippen LogP contribution is 2.40. The molecule has 0 aliphatic heterocycles. The molecule has 0 aromatic heterocycles. The van der Waals surface area contributed by atoms with Crippen LogP contribution in [-0.2, 0) is 19.2 Å². The van der Waals surface area contributed by atoms with Gasteiger partial charge in [-0.2, -0.15) is 50.5 Å². The van der Waals surface area contributed by atoms with Gasteiger partial charge in [0, 0.05) is 51.4 Å². The summed E-state index contributed by atoms with van der Waals surface area (Å²) in [5.74, 6) is 2.56. The van der Waals surface area contributed by atoms with E-state index in [0.717, 1.165) is 0 Å². The summed E-state index contributed by atoms with van der Waals surface area (Å²) in [6.45, 7) is 0. The Morgan fingerprint density at radius 3 is 0.793 bits per heavy atom. The summed E-state index contributed by atoms with van der Waals surface area (Å²) in [6, 6.07) is 0. The molecule has 8 heteroatoms. The Balaban J connectivity index is 5.35. The van der Waals surface area contributed by atoms with Gasteiger partial charge in [0.2, 0.25) is 0 Å². The molecule has 0 heterocycles. The second kappa shape index (κ2) is 17.7. The maximum atomic E-state index is 12.1. The Morgan fingerprint density at radius 2 is 0.621 bits per heavy atom. The Bertz CT molecular complexity index is 429. The largest absolute Gasteiger partial charge is 0.300 e. The van der Waals surface area contributed by atoms with Gasteiger partial charge in [-0.1, -0.05) is 0 Å². The number of ketones is 4. The third-order valence-electron chi connectivity index (χ3n) is 5.30. The van der Waals surface area contributed by atoms with Crippen molar-refractivity contribution in [1.82, 2.24) is 0 Å². The van der Waals surface area contributed by atoms with Crippen LogP contribution in [0.3, 0.4) is 0 Å². The molecule has 0 bridgehead atoms. The lowest BCUT2D eigenvalue weighted by Crippen LogP contribution is -2.26. The summed E-state index contributed by atoms with van der Waals surface area (Å²) >= 11 is 16.5. The van der Waals surface area contributed by atoms with Crippen molar-refractivity contribution < 1.29 is 19.2 Å². The van der Waals surface area contributed by atoms with Crippen molar-refractivity contribution in [2.45, 2.75) is 77.0 Å². The van der Waals surface area contributed by atoms with Crippen LogP contribution in [0.15, 0.2) is 0 Å². The minimum absolute atomic E-state index is 0.134. The molecular formula is C21H36O4S4. The van der Waals surface area contributed by atoms with Crippen LogP contribution in [0.25, 0.3) is 0 Å². The molecule has 168 valence electrons. The Kier molecular flexibility index (Phi) is 17.8. The molecule has 0 radical (unpaired) electrons. The molecule has 0 aliphatic rings. The summed E-state index contributed by atoms with van der Waals surface area (Å²) in [4.78, 5) is 48.5. The van der Waals surface area contributed by atoms with Crippen LogP contribution < -0.4 is 0 Å². The highest BCUT2D eigenvalue weighted by molar-refractivity contribution is 7.80. The monoisotopic (exact) mass is 480 g/mol. The first-order valence-corrected chi connectivity index (χ1v) is 12.9. The normalized spacial score (nSPS) is 11.4. The smallest absolute Gasteiger partial charge is 0.133 e. The summed E-state index contributed by atoms with van der Waals surface area (Å²) in [7, 11) is 0. The van der Waals surface area contributed by atoms with E-state index >= 15 is 0 Å². The fourth-order valence-corrected chi connectivity index (χ4v) is 4.36. The van der Waals surface area contributed by atoms with E-state index in [1.165, 1.54) is 0 Å². The van der Waals surface area contributed by atoms with E-state index in [2.05, 4.69) is 50.5 Å². The lowest BCUT2D eigenvalue weighted by molar-refractivity contribution is -0.120. The number of carbonyl (C=O) groups excluding carboxylic acids is 4. The first kappa shape index (κ1) is 29.1. The van der Waals surface area contributed by atoms with Crippen LogP contribution in [0.1, 0.15) is 77.0 Å². The quantitative estimate of drug-likeness (QED) is 0.192. The van der Waals surface area contributed by atoms with Crippen LogP contribution in [-0.4, -0.2) is 46.1 Å². The molecule has 0 fully saturated rings. The minimum Gasteiger partial charge on any atom is -0.300 e. The van der Waals surface area contributed by atoms with Gasteiger partial charge >= 0.3 is 0 Å². The second-order valence-corrected chi connectivity index (χ2v) is 9.34. The molecule has 0 spiro atoms. The van der Waals surface area contributed by atoms with Crippen LogP contribution in [0.2, 0.25) is 0 Å². The zero-order valence-electron chi connectivity index (χ0n) is 17.2. The van der Waals surface area contributed by atoms with E-state index in [4.69, 9.17) is 0 Å². The summed E-state index contributed by atoms with van der Waals surface area (Å²) in [6.07, 6.45) is 5.59. The molecule has 4 nitrogen and oxygen atoms in total. The lowest BCUT2D eigenvalue weighted by Gasteiger charge is -2.34. The number of Topliss-reactive ketones (excluding diaryl/α,β-unsaturated/α-hetero) is 4. The maximum Gasteiger partial charge on any atom is 0.133 e. The number of hydrogen-bond acceptors (Lipinski definition) is 8. The van der Waals surface area contributed by atoms with Crippen molar-refractivity contribution in [1.29, 1.82) is 0 Å². The fraction of sp³-hybridized carbons (Fsp3) is 0.810. The number of carbonyl (C=O) groups is 4. The predicted octanol–water partition coefficient (Wildman–Crippen LogP) is 4.65. The van der Waals surface area contributed by atoms with Gasteiger partial charge in [0.25, 0.3) is 0 Å². The van der Waals surface area contributed by atoms with Crippen molar-refractivity contribution >= 4 is 73.6 Å². The van der Waals surface area contributed by atoms with Gasteiger partial charge in [0.15, 0.2) is 0 Å². The van der Waals surface area contributed by atoms with Crippen molar-refractivity contribution in [2.75, 3.05) is 23.0 Å². The van der Waals surface area contributed by atoms with Gasteiger partial charge in [0.05, 0.1) is 0 Å². The number of rotatable bonds is 20. The summed E-state index contributed by atoms with van der Waals surface area (Å²) in [5.41, 5.74) is -0.364. The van der Waals surface area contributed by atoms with Crippen molar-refractivity contribution in [3.8, 4) is 0 Å². The first-order valence-electron chi connectivity index (χ1n) is 10.3. The van der Waals surface area contributed by atoms with E-state index in [-0.39, 0.29) is 28.5 Å². The Hall–Kier alpha value is 0.0800. The van der Waals surface area contributed by atoms with E-state index < -0.39 is 0 Å².